The standard InChI is InChI=1S/C13H25NO2S/c1-2-10-5-3-4-6-12(10)13(14)11-7-8-17(15,16)9-11/h10-13H,2-9,14H2,1H3. The van der Waals surface area contributed by atoms with Crippen LogP contribution in [0.25, 0.3) is 0 Å². The van der Waals surface area contributed by atoms with Crippen molar-refractivity contribution in [1.29, 1.82) is 0 Å². The van der Waals surface area contributed by atoms with Crippen LogP contribution in [0.1, 0.15) is 45.4 Å². The molecule has 4 heteroatoms. The van der Waals surface area contributed by atoms with Crippen LogP contribution in [-0.2, 0) is 9.84 Å². The van der Waals surface area contributed by atoms with Crippen LogP contribution in [0.2, 0.25) is 0 Å². The molecule has 4 atom stereocenters. The van der Waals surface area contributed by atoms with Gasteiger partial charge < -0.3 is 5.73 Å². The van der Waals surface area contributed by atoms with Gasteiger partial charge in [-0.15, -0.1) is 0 Å². The molecule has 0 aromatic carbocycles. The first kappa shape index (κ1) is 13.3. The summed E-state index contributed by atoms with van der Waals surface area (Å²) in [5, 5.41) is 0. The molecule has 1 saturated carbocycles. The third-order valence-corrected chi connectivity index (χ3v) is 6.59. The van der Waals surface area contributed by atoms with Gasteiger partial charge in [-0.3, -0.25) is 0 Å². The topological polar surface area (TPSA) is 60.2 Å². The van der Waals surface area contributed by atoms with Gasteiger partial charge in [0.25, 0.3) is 0 Å². The van der Waals surface area contributed by atoms with E-state index >= 15 is 0 Å². The van der Waals surface area contributed by atoms with Crippen molar-refractivity contribution < 1.29 is 8.42 Å². The van der Waals surface area contributed by atoms with E-state index in [1.807, 2.05) is 0 Å². The number of hydrogen-bond donors (Lipinski definition) is 1. The Morgan fingerprint density at radius 2 is 1.94 bits per heavy atom. The van der Waals surface area contributed by atoms with Crippen LogP contribution in [0.5, 0.6) is 0 Å². The summed E-state index contributed by atoms with van der Waals surface area (Å²) in [6, 6.07) is 0.109. The van der Waals surface area contributed by atoms with E-state index < -0.39 is 9.84 Å². The van der Waals surface area contributed by atoms with Crippen molar-refractivity contribution in [1.82, 2.24) is 0 Å². The number of hydrogen-bond acceptors (Lipinski definition) is 3. The molecule has 3 nitrogen and oxygen atoms in total. The number of rotatable bonds is 3. The van der Waals surface area contributed by atoms with Crippen LogP contribution in [-0.4, -0.2) is 26.0 Å². The van der Waals surface area contributed by atoms with Crippen molar-refractivity contribution in [3.8, 4) is 0 Å². The van der Waals surface area contributed by atoms with Gasteiger partial charge in [0, 0.05) is 6.04 Å². The van der Waals surface area contributed by atoms with Crippen molar-refractivity contribution in [3.05, 3.63) is 0 Å². The Morgan fingerprint density at radius 3 is 2.53 bits per heavy atom. The third kappa shape index (κ3) is 3.02. The van der Waals surface area contributed by atoms with Gasteiger partial charge >= 0.3 is 0 Å². The summed E-state index contributed by atoms with van der Waals surface area (Å²) in [6.07, 6.45) is 7.07. The number of sulfone groups is 1. The Balaban J connectivity index is 2.01. The van der Waals surface area contributed by atoms with Crippen LogP contribution in [0.4, 0.5) is 0 Å². The maximum atomic E-state index is 11.5. The maximum Gasteiger partial charge on any atom is 0.150 e. The highest BCUT2D eigenvalue weighted by molar-refractivity contribution is 7.91. The van der Waals surface area contributed by atoms with E-state index in [2.05, 4.69) is 6.92 Å². The second-order valence-corrected chi connectivity index (χ2v) is 8.09. The van der Waals surface area contributed by atoms with E-state index in [1.165, 1.54) is 32.1 Å². The van der Waals surface area contributed by atoms with E-state index in [-0.39, 0.29) is 12.0 Å². The molecule has 2 fully saturated rings. The summed E-state index contributed by atoms with van der Waals surface area (Å²) in [4.78, 5) is 0. The first-order chi connectivity index (χ1) is 8.03. The highest BCUT2D eigenvalue weighted by Gasteiger charge is 2.38. The van der Waals surface area contributed by atoms with Gasteiger partial charge in [-0.2, -0.15) is 0 Å². The third-order valence-electron chi connectivity index (χ3n) is 4.80. The molecule has 0 aromatic rings. The summed E-state index contributed by atoms with van der Waals surface area (Å²) in [6.45, 7) is 2.24. The van der Waals surface area contributed by atoms with Crippen molar-refractivity contribution in [3.63, 3.8) is 0 Å². The average molecular weight is 259 g/mol. The molecule has 1 saturated heterocycles. The van der Waals surface area contributed by atoms with Gasteiger partial charge in [-0.05, 0) is 30.6 Å². The van der Waals surface area contributed by atoms with Gasteiger partial charge in [-0.1, -0.05) is 32.6 Å². The summed E-state index contributed by atoms with van der Waals surface area (Å²) >= 11 is 0. The molecule has 4 unspecified atom stereocenters. The molecule has 1 aliphatic heterocycles. The fourth-order valence-electron chi connectivity index (χ4n) is 3.73. The van der Waals surface area contributed by atoms with E-state index in [1.54, 1.807) is 0 Å². The number of nitrogens with two attached hydrogens (primary N) is 1. The van der Waals surface area contributed by atoms with Crippen molar-refractivity contribution >= 4 is 9.84 Å². The minimum atomic E-state index is -2.78. The highest BCUT2D eigenvalue weighted by Crippen LogP contribution is 2.37. The summed E-state index contributed by atoms with van der Waals surface area (Å²) in [5.41, 5.74) is 6.38. The smallest absolute Gasteiger partial charge is 0.150 e. The van der Waals surface area contributed by atoms with Crippen LogP contribution in [0.3, 0.4) is 0 Å². The van der Waals surface area contributed by atoms with E-state index in [9.17, 15) is 8.42 Å². The minimum Gasteiger partial charge on any atom is -0.327 e. The summed E-state index contributed by atoms with van der Waals surface area (Å²) in [7, 11) is -2.78. The van der Waals surface area contributed by atoms with Crippen LogP contribution < -0.4 is 5.73 Å². The van der Waals surface area contributed by atoms with Gasteiger partial charge in [0.1, 0.15) is 0 Å². The van der Waals surface area contributed by atoms with E-state index in [4.69, 9.17) is 5.73 Å². The second kappa shape index (κ2) is 5.27. The fourth-order valence-corrected chi connectivity index (χ4v) is 5.60. The lowest BCUT2D eigenvalue weighted by molar-refractivity contribution is 0.168. The van der Waals surface area contributed by atoms with Crippen LogP contribution in [0, 0.1) is 17.8 Å². The quantitative estimate of drug-likeness (QED) is 0.843. The molecule has 2 rings (SSSR count). The Bertz CT molecular complexity index is 352. The van der Waals surface area contributed by atoms with Gasteiger partial charge in [0.05, 0.1) is 11.5 Å². The fraction of sp³-hybridized carbons (Fsp3) is 1.00. The molecule has 0 radical (unpaired) electrons. The zero-order valence-electron chi connectivity index (χ0n) is 10.8. The molecule has 1 heterocycles. The van der Waals surface area contributed by atoms with Gasteiger partial charge in [-0.25, -0.2) is 8.42 Å². The van der Waals surface area contributed by atoms with E-state index in [0.717, 1.165) is 12.3 Å². The van der Waals surface area contributed by atoms with Crippen LogP contribution in [0.15, 0.2) is 0 Å². The normalized spacial score (nSPS) is 39.1. The lowest BCUT2D eigenvalue weighted by Gasteiger charge is -2.37. The predicted octanol–water partition coefficient (Wildman–Crippen LogP) is 1.96. The lowest BCUT2D eigenvalue weighted by Crippen LogP contribution is -2.42. The summed E-state index contributed by atoms with van der Waals surface area (Å²) < 4.78 is 23.0. The van der Waals surface area contributed by atoms with Gasteiger partial charge in [0.2, 0.25) is 0 Å². The van der Waals surface area contributed by atoms with Gasteiger partial charge in [0.15, 0.2) is 9.84 Å². The zero-order chi connectivity index (χ0) is 12.5. The molecule has 2 N–H and O–H groups in total. The average Bonchev–Trinajstić information content (AvgIpc) is 2.68. The predicted molar refractivity (Wildman–Crippen MR) is 70.5 cm³/mol. The molecule has 0 spiro atoms. The molecule has 0 amide bonds. The largest absolute Gasteiger partial charge is 0.327 e. The van der Waals surface area contributed by atoms with Crippen molar-refractivity contribution in [2.24, 2.45) is 23.5 Å². The molecule has 1 aliphatic carbocycles. The molecule has 0 bridgehead atoms. The Morgan fingerprint density at radius 1 is 1.24 bits per heavy atom. The Labute approximate surface area is 105 Å². The molecule has 0 aromatic heterocycles. The maximum absolute atomic E-state index is 11.5. The van der Waals surface area contributed by atoms with Crippen molar-refractivity contribution in [2.45, 2.75) is 51.5 Å². The van der Waals surface area contributed by atoms with Crippen molar-refractivity contribution in [2.75, 3.05) is 11.5 Å². The molecular formula is C13H25NO2S. The Hall–Kier alpha value is -0.0900. The highest BCUT2D eigenvalue weighted by atomic mass is 32.2. The molecule has 2 aliphatic rings. The van der Waals surface area contributed by atoms with Crippen LogP contribution >= 0.6 is 0 Å². The Kier molecular flexibility index (Phi) is 4.14. The van der Waals surface area contributed by atoms with E-state index in [0.29, 0.717) is 17.4 Å². The lowest BCUT2D eigenvalue weighted by atomic mass is 9.71. The second-order valence-electron chi connectivity index (χ2n) is 5.86. The SMILES string of the molecule is CCC1CCCCC1C(N)C1CCS(=O)(=O)C1. The molecule has 17 heavy (non-hydrogen) atoms. The monoisotopic (exact) mass is 259 g/mol. The molecule has 100 valence electrons. The first-order valence-electron chi connectivity index (χ1n) is 6.99. The first-order valence-corrected chi connectivity index (χ1v) is 8.81. The molecular weight excluding hydrogens is 234 g/mol. The summed E-state index contributed by atoms with van der Waals surface area (Å²) in [5.74, 6) is 2.20. The minimum absolute atomic E-state index is 0.109. The zero-order valence-corrected chi connectivity index (χ0v) is 11.6.